The van der Waals surface area contributed by atoms with Crippen LogP contribution >= 0.6 is 0 Å². The summed E-state index contributed by atoms with van der Waals surface area (Å²) in [6.07, 6.45) is 10.6. The van der Waals surface area contributed by atoms with Crippen molar-refractivity contribution in [2.75, 3.05) is 0 Å². The number of carboxylic acid groups (broad SMARTS) is 1. The van der Waals surface area contributed by atoms with E-state index >= 15 is 0 Å². The molecule has 2 aromatic rings. The van der Waals surface area contributed by atoms with Crippen molar-refractivity contribution >= 4 is 11.5 Å². The molecule has 7 nitrogen and oxygen atoms in total. The first-order valence-electron chi connectivity index (χ1n) is 6.84. The van der Waals surface area contributed by atoms with Gasteiger partial charge in [-0.3, -0.25) is 9.82 Å². The molecule has 0 amide bonds. The van der Waals surface area contributed by atoms with Gasteiger partial charge in [0.15, 0.2) is 6.10 Å². The molecule has 1 unspecified atom stereocenters. The number of pyridine rings is 1. The summed E-state index contributed by atoms with van der Waals surface area (Å²) in [5.74, 6) is 3.93. The van der Waals surface area contributed by atoms with Crippen LogP contribution in [0, 0.1) is 0 Å². The molecule has 0 radical (unpaired) electrons. The molecule has 22 heavy (non-hydrogen) atoms. The van der Waals surface area contributed by atoms with Crippen LogP contribution in [-0.2, 0) is 16.2 Å². The zero-order valence-corrected chi connectivity index (χ0v) is 12.0. The highest BCUT2D eigenvalue weighted by molar-refractivity contribution is 5.72. The predicted molar refractivity (Wildman–Crippen MR) is 80.4 cm³/mol. The van der Waals surface area contributed by atoms with Crippen LogP contribution in [-0.4, -0.2) is 31.7 Å². The monoisotopic (exact) mass is 302 g/mol. The molecule has 2 heterocycles. The lowest BCUT2D eigenvalue weighted by Gasteiger charge is -2.11. The van der Waals surface area contributed by atoms with Gasteiger partial charge in [0.05, 0.1) is 6.33 Å². The summed E-state index contributed by atoms with van der Waals surface area (Å²) in [6.45, 7) is 0.632. The molecule has 3 N–H and O–H groups in total. The Kier molecular flexibility index (Phi) is 5.81. The Balaban J connectivity index is 2.10. The zero-order valence-electron chi connectivity index (χ0n) is 12.0. The molecule has 0 aliphatic rings. The molecule has 2 rings (SSSR count). The number of nitrogens with zero attached hydrogens (tertiary/aromatic N) is 3. The average molecular weight is 302 g/mol. The molecule has 1 atom stereocenters. The quantitative estimate of drug-likeness (QED) is 0.716. The molecule has 0 spiro atoms. The Morgan fingerprint density at radius 1 is 1.45 bits per heavy atom. The molecule has 116 valence electrons. The SMILES string of the molecule is NOC(CC/C=C(\Cn1ccnc1)c1cccnc1)C(=O)O. The van der Waals surface area contributed by atoms with Crippen LogP contribution in [0.3, 0.4) is 0 Å². The molecule has 0 bridgehead atoms. The third-order valence-electron chi connectivity index (χ3n) is 3.20. The number of carboxylic acids is 1. The molecular formula is C15H18N4O3. The van der Waals surface area contributed by atoms with Gasteiger partial charge in [-0.05, 0) is 30.0 Å². The number of rotatable bonds is 8. The minimum atomic E-state index is -1.06. The lowest BCUT2D eigenvalue weighted by Crippen LogP contribution is -2.26. The number of aromatic nitrogens is 3. The first-order chi connectivity index (χ1) is 10.7. The second-order valence-electron chi connectivity index (χ2n) is 4.75. The Hall–Kier alpha value is -2.51. The molecule has 0 fully saturated rings. The van der Waals surface area contributed by atoms with E-state index in [1.807, 2.05) is 29.0 Å². The van der Waals surface area contributed by atoms with E-state index < -0.39 is 12.1 Å². The van der Waals surface area contributed by atoms with Crippen molar-refractivity contribution in [1.29, 1.82) is 0 Å². The third kappa shape index (κ3) is 4.51. The minimum Gasteiger partial charge on any atom is -0.479 e. The van der Waals surface area contributed by atoms with E-state index in [1.165, 1.54) is 0 Å². The molecule has 0 saturated heterocycles. The van der Waals surface area contributed by atoms with Gasteiger partial charge < -0.3 is 9.67 Å². The van der Waals surface area contributed by atoms with Gasteiger partial charge in [-0.2, -0.15) is 0 Å². The lowest BCUT2D eigenvalue weighted by molar-refractivity contribution is -0.151. The fraction of sp³-hybridized carbons (Fsp3) is 0.267. The van der Waals surface area contributed by atoms with Gasteiger partial charge >= 0.3 is 5.97 Å². The van der Waals surface area contributed by atoms with Crippen molar-refractivity contribution in [2.24, 2.45) is 5.90 Å². The molecule has 0 aliphatic carbocycles. The zero-order chi connectivity index (χ0) is 15.8. The molecular weight excluding hydrogens is 284 g/mol. The Morgan fingerprint density at radius 3 is 2.91 bits per heavy atom. The molecule has 7 heteroatoms. The first kappa shape index (κ1) is 15.9. The summed E-state index contributed by atoms with van der Waals surface area (Å²) in [5, 5.41) is 8.91. The summed E-state index contributed by atoms with van der Waals surface area (Å²) in [6, 6.07) is 3.82. The van der Waals surface area contributed by atoms with Crippen LogP contribution in [0.15, 0.2) is 49.3 Å². The highest BCUT2D eigenvalue weighted by atomic mass is 16.6. The van der Waals surface area contributed by atoms with E-state index in [0.29, 0.717) is 19.4 Å². The van der Waals surface area contributed by atoms with E-state index in [1.54, 1.807) is 24.9 Å². The van der Waals surface area contributed by atoms with Gasteiger partial charge in [0, 0.05) is 31.3 Å². The topological polar surface area (TPSA) is 103 Å². The van der Waals surface area contributed by atoms with Crippen molar-refractivity contribution in [2.45, 2.75) is 25.5 Å². The summed E-state index contributed by atoms with van der Waals surface area (Å²) in [5.41, 5.74) is 2.02. The van der Waals surface area contributed by atoms with E-state index in [2.05, 4.69) is 14.8 Å². The van der Waals surface area contributed by atoms with Gasteiger partial charge in [-0.25, -0.2) is 15.7 Å². The van der Waals surface area contributed by atoms with E-state index in [4.69, 9.17) is 11.0 Å². The highest BCUT2D eigenvalue weighted by Gasteiger charge is 2.16. The first-order valence-corrected chi connectivity index (χ1v) is 6.84. The average Bonchev–Trinajstić information content (AvgIpc) is 3.04. The van der Waals surface area contributed by atoms with Crippen LogP contribution in [0.5, 0.6) is 0 Å². The van der Waals surface area contributed by atoms with Crippen molar-refractivity contribution < 1.29 is 14.7 Å². The molecule has 2 aromatic heterocycles. The number of hydrogen-bond acceptors (Lipinski definition) is 5. The number of imidazole rings is 1. The summed E-state index contributed by atoms with van der Waals surface area (Å²) >= 11 is 0. The molecule has 0 saturated carbocycles. The maximum Gasteiger partial charge on any atom is 0.334 e. The van der Waals surface area contributed by atoms with Gasteiger partial charge in [-0.1, -0.05) is 12.1 Å². The molecule has 0 aliphatic heterocycles. The Morgan fingerprint density at radius 2 is 2.32 bits per heavy atom. The van der Waals surface area contributed by atoms with Crippen molar-refractivity contribution in [3.63, 3.8) is 0 Å². The number of carbonyl (C=O) groups is 1. The Labute approximate surface area is 128 Å². The van der Waals surface area contributed by atoms with Crippen LogP contribution in [0.1, 0.15) is 18.4 Å². The van der Waals surface area contributed by atoms with Crippen LogP contribution < -0.4 is 5.90 Å². The second-order valence-corrected chi connectivity index (χ2v) is 4.75. The lowest BCUT2D eigenvalue weighted by atomic mass is 10.0. The van der Waals surface area contributed by atoms with E-state index in [0.717, 1.165) is 11.1 Å². The normalized spacial score (nSPS) is 13.0. The summed E-state index contributed by atoms with van der Waals surface area (Å²) in [4.78, 5) is 23.5. The minimum absolute atomic E-state index is 0.305. The second kappa shape index (κ2) is 8.06. The number of aliphatic carboxylic acids is 1. The van der Waals surface area contributed by atoms with Crippen LogP contribution in [0.2, 0.25) is 0 Å². The van der Waals surface area contributed by atoms with Crippen molar-refractivity contribution in [3.8, 4) is 0 Å². The van der Waals surface area contributed by atoms with Gasteiger partial charge in [0.1, 0.15) is 0 Å². The van der Waals surface area contributed by atoms with Crippen molar-refractivity contribution in [1.82, 2.24) is 14.5 Å². The number of allylic oxidation sites excluding steroid dienone is 2. The van der Waals surface area contributed by atoms with E-state index in [9.17, 15) is 4.79 Å². The predicted octanol–water partition coefficient (Wildman–Crippen LogP) is 1.49. The third-order valence-corrected chi connectivity index (χ3v) is 3.20. The summed E-state index contributed by atoms with van der Waals surface area (Å²) in [7, 11) is 0. The van der Waals surface area contributed by atoms with E-state index in [-0.39, 0.29) is 0 Å². The molecule has 0 aromatic carbocycles. The van der Waals surface area contributed by atoms with Crippen LogP contribution in [0.4, 0.5) is 0 Å². The maximum atomic E-state index is 10.9. The fourth-order valence-electron chi connectivity index (χ4n) is 2.06. The standard InChI is InChI=1S/C15H18N4O3/c16-22-14(15(20)21)5-1-3-13(10-19-8-7-18-11-19)12-4-2-6-17-9-12/h2-4,6-9,11,14H,1,5,10,16H2,(H,20,21)/b13-3+. The van der Waals surface area contributed by atoms with Crippen molar-refractivity contribution in [3.05, 3.63) is 54.9 Å². The Bertz CT molecular complexity index is 611. The summed E-state index contributed by atoms with van der Waals surface area (Å²) < 4.78 is 1.94. The number of hydrogen-bond donors (Lipinski definition) is 2. The largest absolute Gasteiger partial charge is 0.479 e. The number of nitrogens with two attached hydrogens (primary N) is 1. The van der Waals surface area contributed by atoms with Gasteiger partial charge in [0.2, 0.25) is 0 Å². The van der Waals surface area contributed by atoms with Gasteiger partial charge in [-0.15, -0.1) is 0 Å². The highest BCUT2D eigenvalue weighted by Crippen LogP contribution is 2.17. The van der Waals surface area contributed by atoms with Crippen LogP contribution in [0.25, 0.3) is 5.57 Å². The van der Waals surface area contributed by atoms with Gasteiger partial charge in [0.25, 0.3) is 0 Å². The fourth-order valence-corrected chi connectivity index (χ4v) is 2.06. The smallest absolute Gasteiger partial charge is 0.334 e. The maximum absolute atomic E-state index is 10.9.